The monoisotopic (exact) mass is 371 g/mol. The Hall–Kier alpha value is -2.37. The fourth-order valence-electron chi connectivity index (χ4n) is 3.43. The van der Waals surface area contributed by atoms with Crippen molar-refractivity contribution in [3.63, 3.8) is 0 Å². The van der Waals surface area contributed by atoms with Gasteiger partial charge in [0.15, 0.2) is 0 Å². The fourth-order valence-corrected chi connectivity index (χ4v) is 3.43. The van der Waals surface area contributed by atoms with E-state index in [1.165, 1.54) is 15.4 Å². The average Bonchev–Trinajstić information content (AvgIpc) is 3.44. The molecule has 1 saturated carbocycles. The number of imide groups is 1. The maximum absolute atomic E-state index is 12.7. The van der Waals surface area contributed by atoms with Crippen LogP contribution in [-0.2, 0) is 16.1 Å². The molecule has 0 N–H and O–H groups in total. The van der Waals surface area contributed by atoms with Crippen molar-refractivity contribution in [3.05, 3.63) is 35.4 Å². The Morgan fingerprint density at radius 1 is 1.19 bits per heavy atom. The molecule has 0 spiro atoms. The largest absolute Gasteiger partial charge is 0.335 e. The van der Waals surface area contributed by atoms with Crippen LogP contribution in [0.25, 0.3) is 0 Å². The Balaban J connectivity index is 1.53. The van der Waals surface area contributed by atoms with Crippen molar-refractivity contribution in [3.8, 4) is 0 Å². The number of carbonyl (C=O) groups is 3. The number of benzene rings is 1. The van der Waals surface area contributed by atoms with Crippen LogP contribution in [0.15, 0.2) is 24.3 Å². The van der Waals surface area contributed by atoms with Gasteiger partial charge in [0.05, 0.1) is 0 Å². The van der Waals surface area contributed by atoms with E-state index in [1.54, 1.807) is 7.05 Å². The highest BCUT2D eigenvalue weighted by atomic mass is 16.2. The molecule has 1 heterocycles. The van der Waals surface area contributed by atoms with Crippen molar-refractivity contribution >= 4 is 17.8 Å². The summed E-state index contributed by atoms with van der Waals surface area (Å²) < 4.78 is 0. The zero-order chi connectivity index (χ0) is 19.6. The predicted molar refractivity (Wildman–Crippen MR) is 103 cm³/mol. The second-order valence-electron chi connectivity index (χ2n) is 7.94. The third-order valence-corrected chi connectivity index (χ3v) is 5.31. The van der Waals surface area contributed by atoms with Crippen molar-refractivity contribution in [2.45, 2.75) is 58.0 Å². The molecular formula is C21H29N3O3. The second-order valence-corrected chi connectivity index (χ2v) is 7.94. The van der Waals surface area contributed by atoms with Crippen molar-refractivity contribution in [2.24, 2.45) is 0 Å². The standard InChI is InChI=1S/C21H29N3O3/c1-15(2)17-8-6-16(7-9-17)13-24(18-10-11-18)19(25)5-4-12-23-20(26)14-22(3)21(23)27/h6-9,15,18H,4-5,10-14H2,1-3H3. The molecule has 27 heavy (non-hydrogen) atoms. The van der Waals surface area contributed by atoms with Crippen LogP contribution >= 0.6 is 0 Å². The highest BCUT2D eigenvalue weighted by Crippen LogP contribution is 2.29. The summed E-state index contributed by atoms with van der Waals surface area (Å²) >= 11 is 0. The van der Waals surface area contributed by atoms with Crippen LogP contribution in [0, 0.1) is 0 Å². The zero-order valence-corrected chi connectivity index (χ0v) is 16.5. The van der Waals surface area contributed by atoms with Crippen LogP contribution in [0.4, 0.5) is 4.79 Å². The highest BCUT2D eigenvalue weighted by molar-refractivity contribution is 6.01. The minimum atomic E-state index is -0.267. The van der Waals surface area contributed by atoms with Crippen LogP contribution < -0.4 is 0 Å². The third-order valence-electron chi connectivity index (χ3n) is 5.31. The molecule has 1 aromatic rings. The smallest absolute Gasteiger partial charge is 0.326 e. The minimum absolute atomic E-state index is 0.109. The number of amides is 4. The molecule has 1 aliphatic heterocycles. The molecule has 1 aliphatic carbocycles. The van der Waals surface area contributed by atoms with Crippen molar-refractivity contribution in [1.29, 1.82) is 0 Å². The molecule has 0 unspecified atom stereocenters. The molecule has 2 fully saturated rings. The van der Waals surface area contributed by atoms with E-state index in [4.69, 9.17) is 0 Å². The van der Waals surface area contributed by atoms with Gasteiger partial charge in [0.1, 0.15) is 6.54 Å². The Labute approximate surface area is 161 Å². The van der Waals surface area contributed by atoms with Gasteiger partial charge in [-0.15, -0.1) is 0 Å². The van der Waals surface area contributed by atoms with Gasteiger partial charge in [-0.3, -0.25) is 14.5 Å². The first kappa shape index (κ1) is 19.4. The molecule has 1 saturated heterocycles. The molecule has 0 bridgehead atoms. The first-order valence-corrected chi connectivity index (χ1v) is 9.80. The van der Waals surface area contributed by atoms with E-state index in [0.29, 0.717) is 37.9 Å². The normalized spacial score (nSPS) is 17.2. The SMILES string of the molecule is CC(C)c1ccc(CN(C(=O)CCCN2C(=O)CN(C)C2=O)C2CC2)cc1. The summed E-state index contributed by atoms with van der Waals surface area (Å²) in [7, 11) is 1.62. The molecule has 146 valence electrons. The molecule has 1 aromatic carbocycles. The summed E-state index contributed by atoms with van der Waals surface area (Å²) in [5, 5.41) is 0. The van der Waals surface area contributed by atoms with Crippen molar-refractivity contribution < 1.29 is 14.4 Å². The summed E-state index contributed by atoms with van der Waals surface area (Å²) in [6.45, 7) is 5.42. The number of carbonyl (C=O) groups excluding carboxylic acids is 3. The molecule has 3 rings (SSSR count). The van der Waals surface area contributed by atoms with Gasteiger partial charge in [-0.1, -0.05) is 38.1 Å². The number of hydrogen-bond donors (Lipinski definition) is 0. The molecular weight excluding hydrogens is 342 g/mol. The summed E-state index contributed by atoms with van der Waals surface area (Å²) in [5.41, 5.74) is 2.44. The van der Waals surface area contributed by atoms with Gasteiger partial charge in [0.2, 0.25) is 11.8 Å². The first-order valence-electron chi connectivity index (χ1n) is 9.80. The number of urea groups is 1. The summed E-state index contributed by atoms with van der Waals surface area (Å²) in [4.78, 5) is 41.1. The van der Waals surface area contributed by atoms with Gasteiger partial charge in [0.25, 0.3) is 0 Å². The Bertz CT molecular complexity index is 710. The van der Waals surface area contributed by atoms with Gasteiger partial charge in [0, 0.05) is 32.6 Å². The van der Waals surface area contributed by atoms with E-state index < -0.39 is 0 Å². The molecule has 0 radical (unpaired) electrons. The molecule has 0 aromatic heterocycles. The Kier molecular flexibility index (Phi) is 5.82. The Morgan fingerprint density at radius 2 is 1.85 bits per heavy atom. The molecule has 6 heteroatoms. The van der Waals surface area contributed by atoms with Crippen LogP contribution in [-0.4, -0.2) is 58.7 Å². The van der Waals surface area contributed by atoms with Gasteiger partial charge in [-0.2, -0.15) is 0 Å². The van der Waals surface area contributed by atoms with Crippen molar-refractivity contribution in [1.82, 2.24) is 14.7 Å². The van der Waals surface area contributed by atoms with Gasteiger partial charge in [-0.25, -0.2) is 4.79 Å². The van der Waals surface area contributed by atoms with E-state index in [0.717, 1.165) is 18.4 Å². The van der Waals surface area contributed by atoms with E-state index in [9.17, 15) is 14.4 Å². The number of rotatable bonds is 8. The van der Waals surface area contributed by atoms with Crippen LogP contribution in [0.3, 0.4) is 0 Å². The predicted octanol–water partition coefficient (Wildman–Crippen LogP) is 2.98. The summed E-state index contributed by atoms with van der Waals surface area (Å²) in [5.74, 6) is 0.424. The number of hydrogen-bond acceptors (Lipinski definition) is 3. The number of likely N-dealkylation sites (N-methyl/N-ethyl adjacent to an activating group) is 1. The first-order chi connectivity index (χ1) is 12.9. The van der Waals surface area contributed by atoms with Crippen LogP contribution in [0.5, 0.6) is 0 Å². The van der Waals surface area contributed by atoms with E-state index in [-0.39, 0.29) is 24.4 Å². The zero-order valence-electron chi connectivity index (χ0n) is 16.5. The second kappa shape index (κ2) is 8.11. The lowest BCUT2D eigenvalue weighted by Gasteiger charge is -2.23. The van der Waals surface area contributed by atoms with Gasteiger partial charge < -0.3 is 9.80 Å². The quantitative estimate of drug-likeness (QED) is 0.660. The van der Waals surface area contributed by atoms with Gasteiger partial charge in [-0.05, 0) is 36.3 Å². The summed E-state index contributed by atoms with van der Waals surface area (Å²) in [6, 6.07) is 8.55. The fraction of sp³-hybridized carbons (Fsp3) is 0.571. The minimum Gasteiger partial charge on any atom is -0.335 e. The summed E-state index contributed by atoms with van der Waals surface area (Å²) in [6.07, 6.45) is 2.99. The van der Waals surface area contributed by atoms with Crippen molar-refractivity contribution in [2.75, 3.05) is 20.1 Å². The van der Waals surface area contributed by atoms with E-state index in [2.05, 4.69) is 38.1 Å². The molecule has 6 nitrogen and oxygen atoms in total. The maximum atomic E-state index is 12.7. The highest BCUT2D eigenvalue weighted by Gasteiger charge is 2.34. The number of nitrogens with zero attached hydrogens (tertiary/aromatic N) is 3. The van der Waals surface area contributed by atoms with E-state index >= 15 is 0 Å². The van der Waals surface area contributed by atoms with Crippen LogP contribution in [0.2, 0.25) is 0 Å². The topological polar surface area (TPSA) is 60.9 Å². The maximum Gasteiger partial charge on any atom is 0.326 e. The average molecular weight is 371 g/mol. The van der Waals surface area contributed by atoms with E-state index in [1.807, 2.05) is 4.90 Å². The molecule has 4 amide bonds. The Morgan fingerprint density at radius 3 is 2.37 bits per heavy atom. The molecule has 0 atom stereocenters. The molecule has 2 aliphatic rings. The lowest BCUT2D eigenvalue weighted by atomic mass is 10.0. The van der Waals surface area contributed by atoms with Crippen LogP contribution in [0.1, 0.15) is 56.6 Å². The lowest BCUT2D eigenvalue weighted by Crippen LogP contribution is -2.35. The lowest BCUT2D eigenvalue weighted by molar-refractivity contribution is -0.133. The third kappa shape index (κ3) is 4.67. The van der Waals surface area contributed by atoms with Gasteiger partial charge >= 0.3 is 6.03 Å².